The van der Waals surface area contributed by atoms with E-state index < -0.39 is 0 Å². The number of benzene rings is 2. The number of nitrogens with one attached hydrogen (secondary N) is 1. The Kier molecular flexibility index (Phi) is 7.28. The fraction of sp³-hybridized carbons (Fsp3) is 0.435. The highest BCUT2D eigenvalue weighted by atomic mass is 16.2. The molecule has 1 fully saturated rings. The molecule has 0 saturated carbocycles. The van der Waals surface area contributed by atoms with Gasteiger partial charge in [-0.15, -0.1) is 0 Å². The molecule has 3 rings (SSSR count). The van der Waals surface area contributed by atoms with Crippen LogP contribution < -0.4 is 5.32 Å². The van der Waals surface area contributed by atoms with Crippen LogP contribution in [0.1, 0.15) is 37.3 Å². The van der Waals surface area contributed by atoms with E-state index in [0.717, 1.165) is 45.4 Å². The first-order valence-electron chi connectivity index (χ1n) is 10.1. The molecule has 1 aliphatic rings. The lowest BCUT2D eigenvalue weighted by Crippen LogP contribution is -2.49. The number of hydrogen-bond donors (Lipinski definition) is 1. The second-order valence-corrected chi connectivity index (χ2v) is 7.39. The number of carbonyl (C=O) groups excluding carboxylic acids is 1. The maximum Gasteiger partial charge on any atom is 0.317 e. The fourth-order valence-electron chi connectivity index (χ4n) is 3.67. The first kappa shape index (κ1) is 19.4. The largest absolute Gasteiger partial charge is 0.335 e. The molecule has 0 unspecified atom stereocenters. The van der Waals surface area contributed by atoms with Crippen molar-refractivity contribution in [3.63, 3.8) is 0 Å². The molecule has 4 nitrogen and oxygen atoms in total. The number of carbonyl (C=O) groups is 1. The second kappa shape index (κ2) is 10.1. The molecule has 0 bridgehead atoms. The molecule has 1 saturated heterocycles. The summed E-state index contributed by atoms with van der Waals surface area (Å²) in [6.07, 6.45) is 3.00. The zero-order valence-corrected chi connectivity index (χ0v) is 16.3. The predicted molar refractivity (Wildman–Crippen MR) is 110 cm³/mol. The maximum absolute atomic E-state index is 12.8. The summed E-state index contributed by atoms with van der Waals surface area (Å²) in [4.78, 5) is 17.2. The Bertz CT molecular complexity index is 681. The summed E-state index contributed by atoms with van der Waals surface area (Å²) in [5.74, 6) is 0. The highest BCUT2D eigenvalue weighted by Gasteiger charge is 2.23. The average molecular weight is 366 g/mol. The summed E-state index contributed by atoms with van der Waals surface area (Å²) < 4.78 is 0. The van der Waals surface area contributed by atoms with Crippen LogP contribution in [-0.2, 0) is 13.1 Å². The lowest BCUT2D eigenvalue weighted by Gasteiger charge is -2.34. The Morgan fingerprint density at radius 1 is 1.00 bits per heavy atom. The van der Waals surface area contributed by atoms with Crippen molar-refractivity contribution in [2.45, 2.75) is 45.3 Å². The molecule has 0 aromatic heterocycles. The van der Waals surface area contributed by atoms with Gasteiger partial charge in [0.05, 0.1) is 0 Å². The normalized spacial score (nSPS) is 15.4. The van der Waals surface area contributed by atoms with Crippen LogP contribution in [0.25, 0.3) is 0 Å². The van der Waals surface area contributed by atoms with Crippen molar-refractivity contribution < 1.29 is 4.79 Å². The van der Waals surface area contributed by atoms with Crippen molar-refractivity contribution >= 4 is 6.03 Å². The SMILES string of the molecule is CCCN(Cc1ccccc1)C(=O)NC1CCN(Cc2ccccc2)CC1. The van der Waals surface area contributed by atoms with Crippen LogP contribution in [0.5, 0.6) is 0 Å². The number of amides is 2. The molecule has 1 aliphatic heterocycles. The number of hydrogen-bond acceptors (Lipinski definition) is 2. The van der Waals surface area contributed by atoms with E-state index in [9.17, 15) is 4.79 Å². The van der Waals surface area contributed by atoms with Crippen molar-refractivity contribution in [3.05, 3.63) is 71.8 Å². The van der Waals surface area contributed by atoms with Gasteiger partial charge in [0, 0.05) is 38.8 Å². The van der Waals surface area contributed by atoms with Crippen LogP contribution in [-0.4, -0.2) is 41.5 Å². The molecule has 1 heterocycles. The van der Waals surface area contributed by atoms with E-state index in [1.165, 1.54) is 11.1 Å². The minimum absolute atomic E-state index is 0.0715. The number of piperidine rings is 1. The zero-order chi connectivity index (χ0) is 18.9. The van der Waals surface area contributed by atoms with Crippen molar-refractivity contribution in [1.29, 1.82) is 0 Å². The third-order valence-electron chi connectivity index (χ3n) is 5.16. The third kappa shape index (κ3) is 6.10. The molecule has 144 valence electrons. The number of urea groups is 1. The van der Waals surface area contributed by atoms with Gasteiger partial charge in [0.15, 0.2) is 0 Å². The number of nitrogens with zero attached hydrogens (tertiary/aromatic N) is 2. The summed E-state index contributed by atoms with van der Waals surface area (Å²) >= 11 is 0. The summed E-state index contributed by atoms with van der Waals surface area (Å²) in [5.41, 5.74) is 2.54. The quantitative estimate of drug-likeness (QED) is 0.795. The molecule has 1 N–H and O–H groups in total. The summed E-state index contributed by atoms with van der Waals surface area (Å²) in [6, 6.07) is 21.2. The Morgan fingerprint density at radius 2 is 1.59 bits per heavy atom. The van der Waals surface area contributed by atoms with Gasteiger partial charge in [0.25, 0.3) is 0 Å². The zero-order valence-electron chi connectivity index (χ0n) is 16.3. The number of likely N-dealkylation sites (tertiary alicyclic amines) is 1. The number of rotatable bonds is 7. The Labute approximate surface area is 163 Å². The van der Waals surface area contributed by atoms with Gasteiger partial charge in [-0.05, 0) is 30.4 Å². The standard InChI is InChI=1S/C23H31N3O/c1-2-15-26(19-21-11-7-4-8-12-21)23(27)24-22-13-16-25(17-14-22)18-20-9-5-3-6-10-20/h3-12,22H,2,13-19H2,1H3,(H,24,27). The fourth-order valence-corrected chi connectivity index (χ4v) is 3.67. The predicted octanol–water partition coefficient (Wildman–Crippen LogP) is 4.27. The molecular weight excluding hydrogens is 334 g/mol. The van der Waals surface area contributed by atoms with Crippen molar-refractivity contribution in [2.24, 2.45) is 0 Å². The topological polar surface area (TPSA) is 35.6 Å². The molecule has 0 atom stereocenters. The van der Waals surface area contributed by atoms with Crippen molar-refractivity contribution in [1.82, 2.24) is 15.1 Å². The lowest BCUT2D eigenvalue weighted by atomic mass is 10.0. The van der Waals surface area contributed by atoms with Crippen LogP contribution in [0.3, 0.4) is 0 Å². The van der Waals surface area contributed by atoms with E-state index in [4.69, 9.17) is 0 Å². The molecule has 0 radical (unpaired) electrons. The lowest BCUT2D eigenvalue weighted by molar-refractivity contribution is 0.167. The maximum atomic E-state index is 12.8. The molecule has 2 aromatic carbocycles. The van der Waals surface area contributed by atoms with E-state index in [1.807, 2.05) is 23.1 Å². The van der Waals surface area contributed by atoms with Crippen LogP contribution in [0.2, 0.25) is 0 Å². The van der Waals surface area contributed by atoms with E-state index in [2.05, 4.69) is 59.6 Å². The minimum Gasteiger partial charge on any atom is -0.335 e. The van der Waals surface area contributed by atoms with Gasteiger partial charge in [0.1, 0.15) is 0 Å². The van der Waals surface area contributed by atoms with E-state index >= 15 is 0 Å². The Balaban J connectivity index is 1.47. The minimum atomic E-state index is 0.0715. The van der Waals surface area contributed by atoms with E-state index in [0.29, 0.717) is 6.54 Å². The van der Waals surface area contributed by atoms with Gasteiger partial charge >= 0.3 is 6.03 Å². The molecule has 2 aromatic rings. The van der Waals surface area contributed by atoms with Gasteiger partial charge in [0.2, 0.25) is 0 Å². The Morgan fingerprint density at radius 3 is 2.19 bits per heavy atom. The van der Waals surface area contributed by atoms with Crippen LogP contribution in [0, 0.1) is 0 Å². The van der Waals surface area contributed by atoms with Gasteiger partial charge in [-0.2, -0.15) is 0 Å². The van der Waals surface area contributed by atoms with Gasteiger partial charge < -0.3 is 10.2 Å². The van der Waals surface area contributed by atoms with E-state index in [-0.39, 0.29) is 12.1 Å². The molecule has 4 heteroatoms. The van der Waals surface area contributed by atoms with Crippen molar-refractivity contribution in [3.8, 4) is 0 Å². The molecule has 27 heavy (non-hydrogen) atoms. The van der Waals surface area contributed by atoms with Crippen LogP contribution in [0.15, 0.2) is 60.7 Å². The smallest absolute Gasteiger partial charge is 0.317 e. The molecular formula is C23H31N3O. The highest BCUT2D eigenvalue weighted by Crippen LogP contribution is 2.15. The first-order valence-corrected chi connectivity index (χ1v) is 10.1. The Hall–Kier alpha value is -2.33. The third-order valence-corrected chi connectivity index (χ3v) is 5.16. The van der Waals surface area contributed by atoms with Crippen LogP contribution in [0.4, 0.5) is 4.79 Å². The summed E-state index contributed by atoms with van der Waals surface area (Å²) in [7, 11) is 0. The van der Waals surface area contributed by atoms with Gasteiger partial charge in [-0.25, -0.2) is 4.79 Å². The first-order chi connectivity index (χ1) is 13.2. The van der Waals surface area contributed by atoms with Gasteiger partial charge in [-0.1, -0.05) is 67.6 Å². The summed E-state index contributed by atoms with van der Waals surface area (Å²) in [6.45, 7) is 6.64. The summed E-state index contributed by atoms with van der Waals surface area (Å²) in [5, 5.41) is 3.27. The van der Waals surface area contributed by atoms with Crippen LogP contribution >= 0.6 is 0 Å². The molecule has 0 aliphatic carbocycles. The van der Waals surface area contributed by atoms with Crippen molar-refractivity contribution in [2.75, 3.05) is 19.6 Å². The molecule has 0 spiro atoms. The average Bonchev–Trinajstić information content (AvgIpc) is 2.71. The van der Waals surface area contributed by atoms with E-state index in [1.54, 1.807) is 0 Å². The van der Waals surface area contributed by atoms with Gasteiger partial charge in [-0.3, -0.25) is 4.90 Å². The monoisotopic (exact) mass is 365 g/mol. The highest BCUT2D eigenvalue weighted by molar-refractivity contribution is 5.74. The second-order valence-electron chi connectivity index (χ2n) is 7.39. The molecule has 2 amide bonds.